The van der Waals surface area contributed by atoms with Gasteiger partial charge in [-0.05, 0) is 24.1 Å². The van der Waals surface area contributed by atoms with E-state index in [1.807, 2.05) is 6.07 Å². The van der Waals surface area contributed by atoms with Gasteiger partial charge in [0, 0.05) is 18.4 Å². The molecular weight excluding hydrogens is 375 g/mol. The summed E-state index contributed by atoms with van der Waals surface area (Å²) in [7, 11) is 0. The van der Waals surface area contributed by atoms with Crippen LogP contribution in [0, 0.1) is 23.7 Å². The largest absolute Gasteiger partial charge is 0.478 e. The molecule has 2 N–H and O–H groups in total. The molecule has 2 aliphatic rings. The second-order valence-electron chi connectivity index (χ2n) is 5.84. The molecule has 26 heavy (non-hydrogen) atoms. The standard InChI is InChI=1S/C19H14Cl2N2O3/c1-2-6-25-18-12(20)7-10(8-13(18)21)16-11(9-22)19(23)26-15-5-3-4-14(24)17(15)16/h1,7-8,16H,3-6,23H2/t16-/m1/s1. The zero-order valence-electron chi connectivity index (χ0n) is 13.6. The minimum absolute atomic E-state index is 0.00847. The van der Waals surface area contributed by atoms with Crippen molar-refractivity contribution in [2.75, 3.05) is 6.61 Å². The van der Waals surface area contributed by atoms with Crippen LogP contribution in [0.25, 0.3) is 0 Å². The van der Waals surface area contributed by atoms with Gasteiger partial charge in [0.1, 0.15) is 24.0 Å². The van der Waals surface area contributed by atoms with Gasteiger partial charge in [-0.2, -0.15) is 5.26 Å². The normalized spacial score (nSPS) is 19.4. The molecule has 1 aliphatic heterocycles. The van der Waals surface area contributed by atoms with E-state index in [2.05, 4.69) is 5.92 Å². The topological polar surface area (TPSA) is 85.3 Å². The molecule has 0 bridgehead atoms. The third kappa shape index (κ3) is 3.12. The van der Waals surface area contributed by atoms with E-state index >= 15 is 0 Å². The SMILES string of the molecule is C#CCOc1c(Cl)cc([C@@H]2C(C#N)=C(N)OC3=C2C(=O)CCC3)cc1Cl. The summed E-state index contributed by atoms with van der Waals surface area (Å²) in [6.45, 7) is 0.0140. The van der Waals surface area contributed by atoms with Gasteiger partial charge in [0.25, 0.3) is 0 Å². The average molecular weight is 389 g/mol. The minimum Gasteiger partial charge on any atom is -0.478 e. The van der Waals surface area contributed by atoms with Crippen LogP contribution in [0.5, 0.6) is 5.75 Å². The Morgan fingerprint density at radius 3 is 2.65 bits per heavy atom. The lowest BCUT2D eigenvalue weighted by Gasteiger charge is -2.31. The Bertz CT molecular complexity index is 912. The van der Waals surface area contributed by atoms with E-state index in [4.69, 9.17) is 44.8 Å². The third-order valence-electron chi connectivity index (χ3n) is 4.26. The molecule has 1 aromatic rings. The molecule has 0 saturated heterocycles. The predicted molar refractivity (Wildman–Crippen MR) is 97.3 cm³/mol. The molecule has 0 unspecified atom stereocenters. The number of nitrogens with zero attached hydrogens (tertiary/aromatic N) is 1. The Morgan fingerprint density at radius 1 is 1.35 bits per heavy atom. The van der Waals surface area contributed by atoms with Gasteiger partial charge in [-0.25, -0.2) is 0 Å². The first-order chi connectivity index (χ1) is 12.5. The summed E-state index contributed by atoms with van der Waals surface area (Å²) in [6.07, 6.45) is 6.85. The van der Waals surface area contributed by atoms with Crippen LogP contribution in [0.4, 0.5) is 0 Å². The average Bonchev–Trinajstić information content (AvgIpc) is 2.60. The smallest absolute Gasteiger partial charge is 0.205 e. The molecule has 1 heterocycles. The molecule has 1 aliphatic carbocycles. The molecule has 3 rings (SSSR count). The van der Waals surface area contributed by atoms with Crippen molar-refractivity contribution in [1.29, 1.82) is 5.26 Å². The molecule has 0 amide bonds. The minimum atomic E-state index is -0.673. The zero-order valence-corrected chi connectivity index (χ0v) is 15.2. The maximum Gasteiger partial charge on any atom is 0.205 e. The number of ether oxygens (including phenoxy) is 2. The Kier molecular flexibility index (Phi) is 5.13. The van der Waals surface area contributed by atoms with E-state index in [0.717, 1.165) is 0 Å². The maximum absolute atomic E-state index is 12.5. The third-order valence-corrected chi connectivity index (χ3v) is 4.82. The highest BCUT2D eigenvalue weighted by atomic mass is 35.5. The fourth-order valence-corrected chi connectivity index (χ4v) is 3.80. The summed E-state index contributed by atoms with van der Waals surface area (Å²) in [5.74, 6) is 2.34. The molecule has 0 spiro atoms. The molecular formula is C19H14Cl2N2O3. The number of carbonyl (C=O) groups is 1. The number of benzene rings is 1. The van der Waals surface area contributed by atoms with Gasteiger partial charge in [-0.15, -0.1) is 6.42 Å². The van der Waals surface area contributed by atoms with Crippen molar-refractivity contribution < 1.29 is 14.3 Å². The molecule has 7 heteroatoms. The van der Waals surface area contributed by atoms with Gasteiger partial charge in [-0.1, -0.05) is 29.1 Å². The number of rotatable bonds is 3. The van der Waals surface area contributed by atoms with Crippen LogP contribution in [0.3, 0.4) is 0 Å². The van der Waals surface area contributed by atoms with Crippen molar-refractivity contribution >= 4 is 29.0 Å². The van der Waals surface area contributed by atoms with Crippen LogP contribution < -0.4 is 10.5 Å². The molecule has 0 saturated carbocycles. The lowest BCUT2D eigenvalue weighted by Crippen LogP contribution is -2.27. The van der Waals surface area contributed by atoms with Crippen molar-refractivity contribution in [2.45, 2.75) is 25.2 Å². The van der Waals surface area contributed by atoms with E-state index < -0.39 is 5.92 Å². The summed E-state index contributed by atoms with van der Waals surface area (Å²) in [5.41, 5.74) is 7.08. The Labute approximate surface area is 161 Å². The number of Topliss-reactive ketones (excluding diaryl/α,β-unsaturated/α-hetero) is 1. The lowest BCUT2D eigenvalue weighted by atomic mass is 9.77. The monoisotopic (exact) mass is 388 g/mol. The fourth-order valence-electron chi connectivity index (χ4n) is 3.19. The Morgan fingerprint density at radius 2 is 2.04 bits per heavy atom. The number of allylic oxidation sites excluding steroid dienone is 3. The van der Waals surface area contributed by atoms with Crippen molar-refractivity contribution in [3.63, 3.8) is 0 Å². The van der Waals surface area contributed by atoms with E-state index in [-0.39, 0.29) is 39.6 Å². The summed E-state index contributed by atoms with van der Waals surface area (Å²) in [4.78, 5) is 12.5. The summed E-state index contributed by atoms with van der Waals surface area (Å²) in [5, 5.41) is 10.0. The molecule has 5 nitrogen and oxygen atoms in total. The molecule has 1 atom stereocenters. The first-order valence-electron chi connectivity index (χ1n) is 7.87. The van der Waals surface area contributed by atoms with Crippen molar-refractivity contribution in [3.05, 3.63) is 50.5 Å². The van der Waals surface area contributed by atoms with Crippen molar-refractivity contribution in [1.82, 2.24) is 0 Å². The van der Waals surface area contributed by atoms with Gasteiger partial charge < -0.3 is 15.2 Å². The molecule has 132 valence electrons. The first-order valence-corrected chi connectivity index (χ1v) is 8.62. The van der Waals surface area contributed by atoms with Gasteiger partial charge in [0.2, 0.25) is 5.88 Å². The van der Waals surface area contributed by atoms with E-state index in [9.17, 15) is 10.1 Å². The van der Waals surface area contributed by atoms with Gasteiger partial charge in [0.15, 0.2) is 11.5 Å². The summed E-state index contributed by atoms with van der Waals surface area (Å²) >= 11 is 12.6. The zero-order chi connectivity index (χ0) is 18.8. The summed E-state index contributed by atoms with van der Waals surface area (Å²) < 4.78 is 10.9. The van der Waals surface area contributed by atoms with Crippen LogP contribution in [0.2, 0.25) is 10.0 Å². The molecule has 0 fully saturated rings. The number of nitrogens with two attached hydrogens (primary N) is 1. The van der Waals surface area contributed by atoms with E-state index in [0.29, 0.717) is 36.2 Å². The second kappa shape index (κ2) is 7.33. The number of hydrogen-bond donors (Lipinski definition) is 1. The van der Waals surface area contributed by atoms with Crippen LogP contribution in [-0.2, 0) is 9.53 Å². The van der Waals surface area contributed by atoms with E-state index in [1.165, 1.54) is 0 Å². The van der Waals surface area contributed by atoms with Crippen molar-refractivity contribution in [3.8, 4) is 24.2 Å². The number of nitriles is 1. The maximum atomic E-state index is 12.5. The first kappa shape index (κ1) is 18.2. The highest BCUT2D eigenvalue weighted by molar-refractivity contribution is 6.37. The fraction of sp³-hybridized carbons (Fsp3) is 0.263. The highest BCUT2D eigenvalue weighted by Crippen LogP contribution is 2.46. The number of hydrogen-bond acceptors (Lipinski definition) is 5. The Balaban J connectivity index is 2.14. The highest BCUT2D eigenvalue weighted by Gasteiger charge is 2.38. The van der Waals surface area contributed by atoms with Crippen LogP contribution in [0.15, 0.2) is 34.9 Å². The van der Waals surface area contributed by atoms with E-state index in [1.54, 1.807) is 12.1 Å². The summed E-state index contributed by atoms with van der Waals surface area (Å²) in [6, 6.07) is 5.25. The van der Waals surface area contributed by atoms with Crippen LogP contribution in [0.1, 0.15) is 30.7 Å². The Hall–Kier alpha value is -2.60. The van der Waals surface area contributed by atoms with Gasteiger partial charge >= 0.3 is 0 Å². The lowest BCUT2D eigenvalue weighted by molar-refractivity contribution is -0.116. The van der Waals surface area contributed by atoms with Gasteiger partial charge in [0.05, 0.1) is 16.0 Å². The quantitative estimate of drug-likeness (QED) is 0.795. The molecule has 0 radical (unpaired) electrons. The number of halogens is 2. The number of ketones is 1. The van der Waals surface area contributed by atoms with Crippen molar-refractivity contribution in [2.24, 2.45) is 5.73 Å². The number of carbonyl (C=O) groups excluding carboxylic acids is 1. The predicted octanol–water partition coefficient (Wildman–Crippen LogP) is 3.82. The van der Waals surface area contributed by atoms with Gasteiger partial charge in [-0.3, -0.25) is 4.79 Å². The molecule has 0 aromatic heterocycles. The molecule has 1 aromatic carbocycles. The van der Waals surface area contributed by atoms with Crippen LogP contribution in [-0.4, -0.2) is 12.4 Å². The van der Waals surface area contributed by atoms with Crippen LogP contribution >= 0.6 is 23.2 Å². The number of terminal acetylenes is 1. The second-order valence-corrected chi connectivity index (χ2v) is 6.66.